The van der Waals surface area contributed by atoms with E-state index in [2.05, 4.69) is 0 Å². The third kappa shape index (κ3) is 5.84. The van der Waals surface area contributed by atoms with E-state index < -0.39 is 6.72 Å². The van der Waals surface area contributed by atoms with Gasteiger partial charge in [0.25, 0.3) is 6.72 Å². The summed E-state index contributed by atoms with van der Waals surface area (Å²) in [6.07, 6.45) is 0.924. The van der Waals surface area contributed by atoms with Crippen LogP contribution in [0.15, 0.2) is 54.6 Å². The molecule has 0 aromatic heterocycles. The van der Waals surface area contributed by atoms with Crippen molar-refractivity contribution in [2.45, 2.75) is 20.0 Å². The topological polar surface area (TPSA) is 35.5 Å². The van der Waals surface area contributed by atoms with Gasteiger partial charge in [0.05, 0.1) is 6.61 Å². The van der Waals surface area contributed by atoms with Crippen LogP contribution in [0, 0.1) is 0 Å². The summed E-state index contributed by atoms with van der Waals surface area (Å²) < 4.78 is 22.8. The molecule has 0 saturated carbocycles. The second-order valence-electron chi connectivity index (χ2n) is 4.90. The number of ether oxygens (including phenoxy) is 1. The van der Waals surface area contributed by atoms with Crippen molar-refractivity contribution in [2.75, 3.05) is 12.8 Å². The largest absolute Gasteiger partial charge is 0.489 e. The third-order valence-corrected chi connectivity index (χ3v) is 5.34. The Hall–Kier alpha value is -1.28. The molecule has 0 aliphatic carbocycles. The van der Waals surface area contributed by atoms with Crippen LogP contribution in [0.2, 0.25) is 0 Å². The molecule has 2 aromatic rings. The van der Waals surface area contributed by atoms with Crippen LogP contribution in [0.25, 0.3) is 0 Å². The van der Waals surface area contributed by atoms with Gasteiger partial charge in [-0.25, -0.2) is 0 Å². The van der Waals surface area contributed by atoms with Crippen LogP contribution in [-0.4, -0.2) is 12.8 Å². The SMILES string of the molecule is CCOP(=O)(Cl)CCc1cccc(OCc2ccccc2)c1. The minimum absolute atomic E-state index is 0.324. The van der Waals surface area contributed by atoms with Crippen molar-refractivity contribution in [3.05, 3.63) is 65.7 Å². The van der Waals surface area contributed by atoms with Crippen LogP contribution in [0.3, 0.4) is 0 Å². The highest BCUT2D eigenvalue weighted by Gasteiger charge is 2.18. The average Bonchev–Trinajstić information content (AvgIpc) is 2.53. The van der Waals surface area contributed by atoms with Gasteiger partial charge in [-0.1, -0.05) is 42.5 Å². The van der Waals surface area contributed by atoms with Crippen LogP contribution in [0.5, 0.6) is 5.75 Å². The highest BCUT2D eigenvalue weighted by molar-refractivity contribution is 7.85. The zero-order chi connectivity index (χ0) is 15.8. The number of halogens is 1. The molecule has 118 valence electrons. The Bertz CT molecular complexity index is 631. The Morgan fingerprint density at radius 2 is 1.77 bits per heavy atom. The minimum Gasteiger partial charge on any atom is -0.489 e. The molecule has 0 heterocycles. The number of hydrogen-bond acceptors (Lipinski definition) is 3. The molecule has 1 atom stereocenters. The smallest absolute Gasteiger partial charge is 0.290 e. The zero-order valence-electron chi connectivity index (χ0n) is 12.6. The van der Waals surface area contributed by atoms with Crippen LogP contribution in [-0.2, 0) is 22.1 Å². The summed E-state index contributed by atoms with van der Waals surface area (Å²) in [5.41, 5.74) is 2.15. The lowest BCUT2D eigenvalue weighted by Gasteiger charge is -2.11. The molecule has 22 heavy (non-hydrogen) atoms. The quantitative estimate of drug-likeness (QED) is 0.614. The molecule has 0 saturated heterocycles. The predicted octanol–water partition coefficient (Wildman–Crippen LogP) is 5.28. The van der Waals surface area contributed by atoms with Crippen molar-refractivity contribution in [1.82, 2.24) is 0 Å². The Balaban J connectivity index is 1.91. The minimum atomic E-state index is -3.00. The van der Waals surface area contributed by atoms with Crippen molar-refractivity contribution < 1.29 is 13.8 Å². The lowest BCUT2D eigenvalue weighted by molar-refractivity contribution is 0.306. The maximum absolute atomic E-state index is 11.9. The van der Waals surface area contributed by atoms with Gasteiger partial charge in [0, 0.05) is 6.16 Å². The zero-order valence-corrected chi connectivity index (χ0v) is 14.2. The maximum atomic E-state index is 11.9. The summed E-state index contributed by atoms with van der Waals surface area (Å²) in [7, 11) is 0. The third-order valence-electron chi connectivity index (χ3n) is 3.14. The lowest BCUT2D eigenvalue weighted by atomic mass is 10.1. The Kier molecular flexibility index (Phi) is 6.50. The van der Waals surface area contributed by atoms with E-state index in [0.717, 1.165) is 16.9 Å². The first kappa shape index (κ1) is 17.1. The molecule has 1 unspecified atom stereocenters. The molecule has 2 aromatic carbocycles. The lowest BCUT2D eigenvalue weighted by Crippen LogP contribution is -1.97. The molecule has 3 nitrogen and oxygen atoms in total. The average molecular weight is 339 g/mol. The van der Waals surface area contributed by atoms with Crippen molar-refractivity contribution in [2.24, 2.45) is 0 Å². The molecule has 0 N–H and O–H groups in total. The molecule has 0 radical (unpaired) electrons. The van der Waals surface area contributed by atoms with Gasteiger partial charge in [-0.3, -0.25) is 4.57 Å². The molecule has 0 fully saturated rings. The summed E-state index contributed by atoms with van der Waals surface area (Å²) in [5, 5.41) is 0. The van der Waals surface area contributed by atoms with Gasteiger partial charge in [0.2, 0.25) is 0 Å². The highest BCUT2D eigenvalue weighted by Crippen LogP contribution is 2.52. The van der Waals surface area contributed by atoms with Gasteiger partial charge in [-0.2, -0.15) is 0 Å². The van der Waals surface area contributed by atoms with Crippen LogP contribution in [0.1, 0.15) is 18.1 Å². The van der Waals surface area contributed by atoms with Gasteiger partial charge >= 0.3 is 0 Å². The molecule has 0 bridgehead atoms. The molecule has 5 heteroatoms. The number of hydrogen-bond donors (Lipinski definition) is 0. The summed E-state index contributed by atoms with van der Waals surface area (Å²) in [6, 6.07) is 17.8. The first-order valence-electron chi connectivity index (χ1n) is 7.28. The number of aryl methyl sites for hydroxylation is 1. The number of rotatable bonds is 8. The molecule has 0 aliphatic rings. The number of benzene rings is 2. The molecular formula is C17H20ClO3P. The summed E-state index contributed by atoms with van der Waals surface area (Å²) in [4.78, 5) is 0. The summed E-state index contributed by atoms with van der Waals surface area (Å²) >= 11 is 5.87. The van der Waals surface area contributed by atoms with E-state index in [9.17, 15) is 4.57 Å². The molecule has 0 amide bonds. The van der Waals surface area contributed by atoms with Gasteiger partial charge in [-0.05, 0) is 47.8 Å². The van der Waals surface area contributed by atoms with Crippen LogP contribution in [0.4, 0.5) is 0 Å². The molecule has 0 aliphatic heterocycles. The second kappa shape index (κ2) is 8.38. The fourth-order valence-corrected chi connectivity index (χ4v) is 3.64. The standard InChI is InChI=1S/C17H20ClO3P/c1-2-21-22(18,19)12-11-15-9-6-10-17(13-15)20-14-16-7-4-3-5-8-16/h3-10,13H,2,11-12,14H2,1H3. The van der Waals surface area contributed by atoms with Gasteiger partial charge in [0.1, 0.15) is 12.4 Å². The van der Waals surface area contributed by atoms with Crippen molar-refractivity contribution >= 4 is 18.0 Å². The Morgan fingerprint density at radius 1 is 1.05 bits per heavy atom. The van der Waals surface area contributed by atoms with Crippen molar-refractivity contribution in [3.8, 4) is 5.75 Å². The first-order chi connectivity index (χ1) is 10.6. The van der Waals surface area contributed by atoms with E-state index in [1.165, 1.54) is 0 Å². The van der Waals surface area contributed by atoms with E-state index in [1.807, 2.05) is 54.6 Å². The second-order valence-corrected chi connectivity index (χ2v) is 8.33. The molecule has 0 spiro atoms. The van der Waals surface area contributed by atoms with Gasteiger partial charge in [-0.15, -0.1) is 0 Å². The monoisotopic (exact) mass is 338 g/mol. The van der Waals surface area contributed by atoms with Gasteiger partial charge < -0.3 is 9.26 Å². The maximum Gasteiger partial charge on any atom is 0.290 e. The van der Waals surface area contributed by atoms with E-state index in [4.69, 9.17) is 20.5 Å². The van der Waals surface area contributed by atoms with E-state index in [1.54, 1.807) is 6.92 Å². The van der Waals surface area contributed by atoms with Crippen LogP contribution >= 0.6 is 18.0 Å². The Labute approximate surface area is 136 Å². The fraction of sp³-hybridized carbons (Fsp3) is 0.294. The summed E-state index contributed by atoms with van der Waals surface area (Å²) in [5.74, 6) is 0.794. The van der Waals surface area contributed by atoms with Crippen molar-refractivity contribution in [3.63, 3.8) is 0 Å². The van der Waals surface area contributed by atoms with E-state index in [-0.39, 0.29) is 0 Å². The molecular weight excluding hydrogens is 319 g/mol. The summed E-state index contributed by atoms with van der Waals surface area (Å²) in [6.45, 7) is -0.333. The Morgan fingerprint density at radius 3 is 2.50 bits per heavy atom. The van der Waals surface area contributed by atoms with Crippen molar-refractivity contribution in [1.29, 1.82) is 0 Å². The van der Waals surface area contributed by atoms with E-state index in [0.29, 0.717) is 25.8 Å². The highest BCUT2D eigenvalue weighted by atomic mass is 35.7. The normalized spacial score (nSPS) is 13.5. The first-order valence-corrected chi connectivity index (χ1v) is 9.99. The fourth-order valence-electron chi connectivity index (χ4n) is 2.05. The molecule has 2 rings (SSSR count). The predicted molar refractivity (Wildman–Crippen MR) is 90.9 cm³/mol. The van der Waals surface area contributed by atoms with Gasteiger partial charge in [0.15, 0.2) is 0 Å². The van der Waals surface area contributed by atoms with E-state index >= 15 is 0 Å². The van der Waals surface area contributed by atoms with Crippen LogP contribution < -0.4 is 4.74 Å².